The van der Waals surface area contributed by atoms with E-state index in [2.05, 4.69) is 4.98 Å². The summed E-state index contributed by atoms with van der Waals surface area (Å²) < 4.78 is 5.22. The minimum atomic E-state index is -0.867. The lowest BCUT2D eigenvalue weighted by Gasteiger charge is -2.35. The van der Waals surface area contributed by atoms with Gasteiger partial charge in [0.25, 0.3) is 5.69 Å². The molecule has 0 aromatic carbocycles. The normalized spacial score (nSPS) is 17.7. The molecule has 1 aliphatic rings. The van der Waals surface area contributed by atoms with Crippen LogP contribution >= 0.6 is 0 Å². The van der Waals surface area contributed by atoms with Crippen molar-refractivity contribution in [3.05, 3.63) is 22.2 Å². The third-order valence-corrected chi connectivity index (χ3v) is 3.37. The fourth-order valence-electron chi connectivity index (χ4n) is 2.26. The van der Waals surface area contributed by atoms with Crippen LogP contribution in [-0.4, -0.2) is 47.4 Å². The second kappa shape index (κ2) is 5.59. The van der Waals surface area contributed by atoms with Crippen molar-refractivity contribution in [1.82, 2.24) is 4.98 Å². The molecular weight excluding hydrogens is 264 g/mol. The van der Waals surface area contributed by atoms with Gasteiger partial charge in [-0.3, -0.25) is 10.1 Å². The van der Waals surface area contributed by atoms with E-state index in [4.69, 9.17) is 10.5 Å². The quantitative estimate of drug-likeness (QED) is 0.612. The summed E-state index contributed by atoms with van der Waals surface area (Å²) in [5.41, 5.74) is 4.60. The van der Waals surface area contributed by atoms with Crippen molar-refractivity contribution in [3.8, 4) is 0 Å². The summed E-state index contributed by atoms with van der Waals surface area (Å²) in [6, 6.07) is 2.56. The Hall–Kier alpha value is -1.93. The minimum Gasteiger partial charge on any atom is -0.388 e. The molecule has 8 heteroatoms. The highest BCUT2D eigenvalue weighted by atomic mass is 16.6. The molecule has 20 heavy (non-hydrogen) atoms. The Morgan fingerprint density at radius 3 is 2.80 bits per heavy atom. The number of ether oxygens (including phenoxy) is 1. The largest absolute Gasteiger partial charge is 0.388 e. The zero-order chi connectivity index (χ0) is 14.8. The van der Waals surface area contributed by atoms with Crippen LogP contribution in [0.2, 0.25) is 0 Å². The number of aliphatic hydroxyl groups is 1. The molecule has 0 aliphatic carbocycles. The maximum atomic E-state index is 10.8. The van der Waals surface area contributed by atoms with Gasteiger partial charge in [0.05, 0.1) is 22.7 Å². The molecule has 0 spiro atoms. The van der Waals surface area contributed by atoms with Crippen LogP contribution in [0.15, 0.2) is 12.1 Å². The van der Waals surface area contributed by atoms with E-state index < -0.39 is 10.5 Å². The lowest BCUT2D eigenvalue weighted by molar-refractivity contribution is -0.384. The third-order valence-electron chi connectivity index (χ3n) is 3.37. The third kappa shape index (κ3) is 3.34. The predicted octanol–water partition coefficient (Wildman–Crippen LogP) is 0.550. The van der Waals surface area contributed by atoms with Crippen LogP contribution in [0, 0.1) is 10.1 Å². The number of nitrogen functional groups attached to an aromatic ring is 1. The summed E-state index contributed by atoms with van der Waals surface area (Å²) >= 11 is 0. The van der Waals surface area contributed by atoms with Gasteiger partial charge in [0.15, 0.2) is 0 Å². The molecule has 2 rings (SSSR count). The molecule has 2 heterocycles. The SMILES string of the molecule is CN(CC1(O)CCOCC1)c1cc([N+](=O)[O-])cc(N)n1. The van der Waals surface area contributed by atoms with Gasteiger partial charge in [0.2, 0.25) is 0 Å². The van der Waals surface area contributed by atoms with E-state index in [1.165, 1.54) is 12.1 Å². The van der Waals surface area contributed by atoms with Crippen LogP contribution in [0.5, 0.6) is 0 Å². The predicted molar refractivity (Wildman–Crippen MR) is 73.6 cm³/mol. The Bertz CT molecular complexity index is 502. The molecule has 0 atom stereocenters. The number of hydrogen-bond acceptors (Lipinski definition) is 7. The maximum absolute atomic E-state index is 10.8. The summed E-state index contributed by atoms with van der Waals surface area (Å²) in [5.74, 6) is 0.455. The van der Waals surface area contributed by atoms with Crippen molar-refractivity contribution in [3.63, 3.8) is 0 Å². The summed E-state index contributed by atoms with van der Waals surface area (Å²) in [5, 5.41) is 21.3. The molecule has 0 bridgehead atoms. The first-order chi connectivity index (χ1) is 9.39. The fraction of sp³-hybridized carbons (Fsp3) is 0.583. The highest BCUT2D eigenvalue weighted by Crippen LogP contribution is 2.26. The first kappa shape index (κ1) is 14.5. The van der Waals surface area contributed by atoms with Gasteiger partial charge in [-0.05, 0) is 0 Å². The molecule has 1 aromatic rings. The van der Waals surface area contributed by atoms with Gasteiger partial charge in [-0.1, -0.05) is 0 Å². The van der Waals surface area contributed by atoms with Crippen LogP contribution in [-0.2, 0) is 4.74 Å². The van der Waals surface area contributed by atoms with Gasteiger partial charge >= 0.3 is 0 Å². The zero-order valence-electron chi connectivity index (χ0n) is 11.3. The average molecular weight is 282 g/mol. The van der Waals surface area contributed by atoms with Gasteiger partial charge in [-0.25, -0.2) is 4.98 Å². The standard InChI is InChI=1S/C12H18N4O4/c1-15(8-12(17)2-4-20-5-3-12)11-7-9(16(18)19)6-10(13)14-11/h6-7,17H,2-5,8H2,1H3,(H2,13,14). The molecule has 0 saturated carbocycles. The number of nitrogens with two attached hydrogens (primary N) is 1. The van der Waals surface area contributed by atoms with Crippen molar-refractivity contribution in [1.29, 1.82) is 0 Å². The molecule has 1 aromatic heterocycles. The van der Waals surface area contributed by atoms with Crippen molar-refractivity contribution in [2.45, 2.75) is 18.4 Å². The van der Waals surface area contributed by atoms with Gasteiger partial charge in [0, 0.05) is 39.6 Å². The van der Waals surface area contributed by atoms with E-state index in [0.717, 1.165) is 0 Å². The molecule has 0 unspecified atom stereocenters. The number of anilines is 2. The van der Waals surface area contributed by atoms with Gasteiger partial charge in [-0.15, -0.1) is 0 Å². The minimum absolute atomic E-state index is 0.0833. The number of rotatable bonds is 4. The summed E-state index contributed by atoms with van der Waals surface area (Å²) in [6.07, 6.45) is 1.06. The van der Waals surface area contributed by atoms with Crippen molar-refractivity contribution in [2.24, 2.45) is 0 Å². The van der Waals surface area contributed by atoms with Crippen molar-refractivity contribution >= 4 is 17.3 Å². The van der Waals surface area contributed by atoms with E-state index in [1.807, 2.05) is 0 Å². The van der Waals surface area contributed by atoms with E-state index in [9.17, 15) is 15.2 Å². The summed E-state index contributed by atoms with van der Waals surface area (Å²) in [6.45, 7) is 1.34. The Morgan fingerprint density at radius 1 is 1.55 bits per heavy atom. The van der Waals surface area contributed by atoms with Crippen LogP contribution in [0.4, 0.5) is 17.3 Å². The number of hydrogen-bond donors (Lipinski definition) is 2. The summed E-state index contributed by atoms with van der Waals surface area (Å²) in [7, 11) is 1.72. The van der Waals surface area contributed by atoms with E-state index in [-0.39, 0.29) is 11.5 Å². The second-order valence-electron chi connectivity index (χ2n) is 5.06. The molecule has 3 N–H and O–H groups in total. The smallest absolute Gasteiger partial charge is 0.276 e. The maximum Gasteiger partial charge on any atom is 0.276 e. The van der Waals surface area contributed by atoms with Crippen molar-refractivity contribution < 1.29 is 14.8 Å². The average Bonchev–Trinajstić information content (AvgIpc) is 2.38. The number of nitrogens with zero attached hydrogens (tertiary/aromatic N) is 3. The lowest BCUT2D eigenvalue weighted by atomic mass is 9.94. The fourth-order valence-corrected chi connectivity index (χ4v) is 2.26. The number of aromatic nitrogens is 1. The Kier molecular flexibility index (Phi) is 4.05. The van der Waals surface area contributed by atoms with Crippen LogP contribution in [0.25, 0.3) is 0 Å². The number of pyridine rings is 1. The molecule has 8 nitrogen and oxygen atoms in total. The van der Waals surface area contributed by atoms with E-state index in [0.29, 0.717) is 38.4 Å². The molecule has 1 aliphatic heterocycles. The highest BCUT2D eigenvalue weighted by Gasteiger charge is 2.31. The number of likely N-dealkylation sites (N-methyl/N-ethyl adjacent to an activating group) is 1. The Balaban J connectivity index is 2.16. The van der Waals surface area contributed by atoms with Gasteiger partial charge in [-0.2, -0.15) is 0 Å². The molecular formula is C12H18N4O4. The Labute approximate surface area is 116 Å². The topological polar surface area (TPSA) is 115 Å². The molecule has 0 amide bonds. The first-order valence-electron chi connectivity index (χ1n) is 6.33. The highest BCUT2D eigenvalue weighted by molar-refractivity contribution is 5.54. The molecule has 110 valence electrons. The lowest BCUT2D eigenvalue weighted by Crippen LogP contribution is -2.46. The molecule has 0 radical (unpaired) electrons. The van der Waals surface area contributed by atoms with Crippen LogP contribution in [0.1, 0.15) is 12.8 Å². The van der Waals surface area contributed by atoms with Crippen molar-refractivity contribution in [2.75, 3.05) is 37.4 Å². The first-order valence-corrected chi connectivity index (χ1v) is 6.33. The zero-order valence-corrected chi connectivity index (χ0v) is 11.3. The van der Waals surface area contributed by atoms with E-state index >= 15 is 0 Å². The van der Waals surface area contributed by atoms with E-state index in [1.54, 1.807) is 11.9 Å². The van der Waals surface area contributed by atoms with Crippen LogP contribution in [0.3, 0.4) is 0 Å². The molecule has 1 saturated heterocycles. The Morgan fingerprint density at radius 2 is 2.20 bits per heavy atom. The molecule has 1 fully saturated rings. The number of nitro groups is 1. The monoisotopic (exact) mass is 282 g/mol. The second-order valence-corrected chi connectivity index (χ2v) is 5.06. The van der Waals surface area contributed by atoms with Crippen LogP contribution < -0.4 is 10.6 Å². The van der Waals surface area contributed by atoms with Gasteiger partial charge in [0.1, 0.15) is 11.6 Å². The van der Waals surface area contributed by atoms with Gasteiger partial charge < -0.3 is 20.5 Å². The summed E-state index contributed by atoms with van der Waals surface area (Å²) in [4.78, 5) is 16.0.